The van der Waals surface area contributed by atoms with Crippen LogP contribution in [0, 0.1) is 0 Å². The van der Waals surface area contributed by atoms with Crippen LogP contribution in [0.3, 0.4) is 0 Å². The Morgan fingerprint density at radius 2 is 1.65 bits per heavy atom. The van der Waals surface area contributed by atoms with Gasteiger partial charge in [-0.1, -0.05) is 13.8 Å². The van der Waals surface area contributed by atoms with E-state index >= 15 is 0 Å². The summed E-state index contributed by atoms with van der Waals surface area (Å²) in [5, 5.41) is 17.8. The normalized spacial score (nSPS) is 12.3. The van der Waals surface area contributed by atoms with E-state index in [1.807, 2.05) is 37.7 Å². The molecule has 0 rings (SSSR count). The predicted molar refractivity (Wildman–Crippen MR) is 70.1 cm³/mol. The number of carbonyl (C=O) groups is 1. The number of rotatable bonds is 8. The molecule has 2 N–H and O–H groups in total. The minimum absolute atomic E-state index is 0.149. The number of hydrogen-bond donors (Lipinski definition) is 2. The Labute approximate surface area is 105 Å². The van der Waals surface area contributed by atoms with Crippen LogP contribution < -0.4 is 0 Å². The van der Waals surface area contributed by atoms with Crippen molar-refractivity contribution in [3.05, 3.63) is 0 Å². The molecule has 104 valence electrons. The predicted octanol–water partition coefficient (Wildman–Crippen LogP) is -0.182. The van der Waals surface area contributed by atoms with Gasteiger partial charge >= 0.3 is 0 Å². The molecule has 0 bridgehead atoms. The highest BCUT2D eigenvalue weighted by molar-refractivity contribution is 5.77. The van der Waals surface area contributed by atoms with Crippen molar-refractivity contribution in [2.45, 2.75) is 26.9 Å². The van der Waals surface area contributed by atoms with Crippen molar-refractivity contribution in [3.63, 3.8) is 0 Å². The zero-order valence-electron chi connectivity index (χ0n) is 11.8. The largest absolute Gasteiger partial charge is 0.394 e. The van der Waals surface area contributed by atoms with Gasteiger partial charge in [0.25, 0.3) is 0 Å². The molecule has 17 heavy (non-hydrogen) atoms. The fraction of sp³-hybridized carbons (Fsp3) is 0.917. The summed E-state index contributed by atoms with van der Waals surface area (Å²) in [6.45, 7) is 7.79. The van der Waals surface area contributed by atoms with Crippen LogP contribution in [0.15, 0.2) is 0 Å². The van der Waals surface area contributed by atoms with Gasteiger partial charge in [-0.2, -0.15) is 0 Å². The van der Waals surface area contributed by atoms with Crippen LogP contribution in [-0.2, 0) is 4.79 Å². The lowest BCUT2D eigenvalue weighted by Gasteiger charge is -2.22. The van der Waals surface area contributed by atoms with Gasteiger partial charge < -0.3 is 15.1 Å². The van der Waals surface area contributed by atoms with E-state index in [1.165, 1.54) is 0 Å². The highest BCUT2D eigenvalue weighted by Gasteiger charge is 2.08. The zero-order chi connectivity index (χ0) is 13.8. The molecule has 0 aromatic heterocycles. The smallest absolute Gasteiger partial charge is 0.143 e. The maximum absolute atomic E-state index is 10.8. The first kappa shape index (κ1) is 18.9. The van der Waals surface area contributed by atoms with E-state index < -0.39 is 6.10 Å². The van der Waals surface area contributed by atoms with Crippen molar-refractivity contribution < 1.29 is 15.0 Å². The quantitative estimate of drug-likeness (QED) is 0.624. The number of aliphatic hydroxyl groups excluding tert-OH is 2. The number of likely N-dealkylation sites (N-methyl/N-ethyl adjacent to an activating group) is 2. The minimum atomic E-state index is -0.687. The summed E-state index contributed by atoms with van der Waals surface area (Å²) in [7, 11) is 3.76. The number of Topliss-reactive ketones (excluding diaryl/α,β-unsaturated/α-hetero) is 1. The van der Waals surface area contributed by atoms with Gasteiger partial charge in [0.15, 0.2) is 0 Å². The first-order valence-corrected chi connectivity index (χ1v) is 6.11. The Balaban J connectivity index is 0. The molecule has 0 aliphatic rings. The monoisotopic (exact) mass is 248 g/mol. The molecular formula is C12H28N2O3. The average Bonchev–Trinajstić information content (AvgIpc) is 2.28. The van der Waals surface area contributed by atoms with Crippen LogP contribution in [-0.4, -0.2) is 78.8 Å². The van der Waals surface area contributed by atoms with Crippen molar-refractivity contribution >= 4 is 5.78 Å². The van der Waals surface area contributed by atoms with Crippen molar-refractivity contribution in [2.24, 2.45) is 0 Å². The Morgan fingerprint density at radius 1 is 1.18 bits per heavy atom. The fourth-order valence-electron chi connectivity index (χ4n) is 1.31. The highest BCUT2D eigenvalue weighted by atomic mass is 16.3. The molecule has 0 radical (unpaired) electrons. The SMILES string of the molecule is CC.CC(=O)CN(C)CCN(C)CC(O)CO. The molecule has 0 aliphatic carbocycles. The molecule has 0 aromatic carbocycles. The first-order valence-electron chi connectivity index (χ1n) is 6.11. The molecule has 1 atom stereocenters. The van der Waals surface area contributed by atoms with Crippen LogP contribution in [0.4, 0.5) is 0 Å². The van der Waals surface area contributed by atoms with Gasteiger partial charge in [0.05, 0.1) is 19.3 Å². The molecule has 0 fully saturated rings. The topological polar surface area (TPSA) is 64.0 Å². The molecule has 0 saturated carbocycles. The van der Waals surface area contributed by atoms with Crippen LogP contribution in [0.1, 0.15) is 20.8 Å². The van der Waals surface area contributed by atoms with Crippen LogP contribution in [0.25, 0.3) is 0 Å². The average molecular weight is 248 g/mol. The Hall–Kier alpha value is -0.490. The molecule has 0 saturated heterocycles. The fourth-order valence-corrected chi connectivity index (χ4v) is 1.31. The molecule has 5 nitrogen and oxygen atoms in total. The van der Waals surface area contributed by atoms with Gasteiger partial charge in [-0.25, -0.2) is 0 Å². The second-order valence-electron chi connectivity index (χ2n) is 4.04. The zero-order valence-corrected chi connectivity index (χ0v) is 11.8. The Bertz CT molecular complexity index is 189. The highest BCUT2D eigenvalue weighted by Crippen LogP contribution is 1.90. The van der Waals surface area contributed by atoms with Crippen molar-refractivity contribution in [1.29, 1.82) is 0 Å². The van der Waals surface area contributed by atoms with Gasteiger partial charge in [-0.05, 0) is 21.0 Å². The van der Waals surface area contributed by atoms with E-state index in [0.29, 0.717) is 13.1 Å². The third kappa shape index (κ3) is 13.4. The lowest BCUT2D eigenvalue weighted by molar-refractivity contribution is -0.117. The minimum Gasteiger partial charge on any atom is -0.394 e. The van der Waals surface area contributed by atoms with E-state index in [9.17, 15) is 9.90 Å². The van der Waals surface area contributed by atoms with Gasteiger partial charge in [0, 0.05) is 19.6 Å². The summed E-state index contributed by atoms with van der Waals surface area (Å²) < 4.78 is 0. The van der Waals surface area contributed by atoms with Crippen molar-refractivity contribution in [3.8, 4) is 0 Å². The van der Waals surface area contributed by atoms with Gasteiger partial charge in [-0.3, -0.25) is 9.69 Å². The van der Waals surface area contributed by atoms with E-state index in [-0.39, 0.29) is 12.4 Å². The van der Waals surface area contributed by atoms with E-state index in [4.69, 9.17) is 5.11 Å². The summed E-state index contributed by atoms with van der Waals surface area (Å²) in [6, 6.07) is 0. The lowest BCUT2D eigenvalue weighted by Crippen LogP contribution is -2.37. The second-order valence-corrected chi connectivity index (χ2v) is 4.04. The number of carbonyl (C=O) groups excluding carboxylic acids is 1. The maximum atomic E-state index is 10.8. The maximum Gasteiger partial charge on any atom is 0.143 e. The Morgan fingerprint density at radius 3 is 2.06 bits per heavy atom. The molecule has 0 amide bonds. The number of nitrogens with zero attached hydrogens (tertiary/aromatic N) is 2. The number of ketones is 1. The molecule has 0 aliphatic heterocycles. The van der Waals surface area contributed by atoms with E-state index in [0.717, 1.165) is 13.1 Å². The third-order valence-corrected chi connectivity index (χ3v) is 2.09. The third-order valence-electron chi connectivity index (χ3n) is 2.09. The van der Waals surface area contributed by atoms with Gasteiger partial charge in [0.1, 0.15) is 5.78 Å². The number of aliphatic hydroxyl groups is 2. The van der Waals surface area contributed by atoms with Crippen LogP contribution in [0.5, 0.6) is 0 Å². The first-order chi connectivity index (χ1) is 7.95. The van der Waals surface area contributed by atoms with Crippen molar-refractivity contribution in [2.75, 3.05) is 46.9 Å². The molecule has 0 spiro atoms. The van der Waals surface area contributed by atoms with Crippen LogP contribution >= 0.6 is 0 Å². The van der Waals surface area contributed by atoms with E-state index in [2.05, 4.69) is 0 Å². The Kier molecular flexibility index (Phi) is 13.3. The molecule has 5 heteroatoms. The second kappa shape index (κ2) is 12.0. The molecule has 0 heterocycles. The van der Waals surface area contributed by atoms with Gasteiger partial charge in [0.2, 0.25) is 0 Å². The van der Waals surface area contributed by atoms with Crippen molar-refractivity contribution in [1.82, 2.24) is 9.80 Å². The van der Waals surface area contributed by atoms with E-state index in [1.54, 1.807) is 6.92 Å². The van der Waals surface area contributed by atoms with Gasteiger partial charge in [-0.15, -0.1) is 0 Å². The van der Waals surface area contributed by atoms with Crippen LogP contribution in [0.2, 0.25) is 0 Å². The summed E-state index contributed by atoms with van der Waals surface area (Å²) in [5.74, 6) is 0.149. The molecular weight excluding hydrogens is 220 g/mol. The summed E-state index contributed by atoms with van der Waals surface area (Å²) in [5.41, 5.74) is 0. The summed E-state index contributed by atoms with van der Waals surface area (Å²) in [4.78, 5) is 14.7. The molecule has 1 unspecified atom stereocenters. The number of hydrogen-bond acceptors (Lipinski definition) is 5. The standard InChI is InChI=1S/C10H22N2O3.C2H6/c1-9(14)6-11(2)4-5-12(3)7-10(15)8-13;1-2/h10,13,15H,4-8H2,1-3H3;1-2H3. The summed E-state index contributed by atoms with van der Waals surface area (Å²) in [6.07, 6.45) is -0.687. The lowest BCUT2D eigenvalue weighted by atomic mass is 10.3. The molecule has 0 aromatic rings. The summed E-state index contributed by atoms with van der Waals surface area (Å²) >= 11 is 0.